The summed E-state index contributed by atoms with van der Waals surface area (Å²) in [6.45, 7) is 0. The normalized spacial score (nSPS) is 26.5. The smallest absolute Gasteiger partial charge is 0.306 e. The van der Waals surface area contributed by atoms with Crippen molar-refractivity contribution in [2.75, 3.05) is 0 Å². The monoisotopic (exact) mass is 228 g/mol. The molecule has 0 atom stereocenters. The molecule has 0 amide bonds. The highest BCUT2D eigenvalue weighted by atomic mass is 35.5. The Labute approximate surface area is 92.8 Å². The van der Waals surface area contributed by atoms with E-state index in [1.807, 2.05) is 0 Å². The quantitative estimate of drug-likeness (QED) is 0.846. The molecule has 82 valence electrons. The first-order valence-corrected chi connectivity index (χ1v) is 5.48. The van der Waals surface area contributed by atoms with Crippen LogP contribution < -0.4 is 0 Å². The first kappa shape index (κ1) is 10.5. The van der Waals surface area contributed by atoms with Crippen molar-refractivity contribution in [3.8, 4) is 0 Å². The van der Waals surface area contributed by atoms with Gasteiger partial charge in [0.2, 0.25) is 0 Å². The van der Waals surface area contributed by atoms with Crippen LogP contribution in [-0.2, 0) is 4.79 Å². The molecule has 1 aliphatic carbocycles. The molecule has 1 saturated carbocycles. The van der Waals surface area contributed by atoms with Gasteiger partial charge in [0, 0.05) is 0 Å². The molecule has 1 aromatic heterocycles. The summed E-state index contributed by atoms with van der Waals surface area (Å²) in [5.74, 6) is -0.865. The molecule has 1 N–H and O–H groups in total. The van der Waals surface area contributed by atoms with Gasteiger partial charge in [-0.05, 0) is 31.7 Å². The van der Waals surface area contributed by atoms with Gasteiger partial charge in [-0.2, -0.15) is 5.10 Å². The lowest BCUT2D eigenvalue weighted by atomic mass is 9.86. The van der Waals surface area contributed by atoms with Crippen molar-refractivity contribution in [1.82, 2.24) is 9.78 Å². The van der Waals surface area contributed by atoms with Crippen molar-refractivity contribution in [2.45, 2.75) is 31.7 Å². The van der Waals surface area contributed by atoms with Gasteiger partial charge in [-0.15, -0.1) is 0 Å². The first-order valence-electron chi connectivity index (χ1n) is 5.10. The zero-order chi connectivity index (χ0) is 10.8. The van der Waals surface area contributed by atoms with E-state index >= 15 is 0 Å². The van der Waals surface area contributed by atoms with Crippen LogP contribution in [0.15, 0.2) is 12.3 Å². The maximum absolute atomic E-state index is 10.8. The van der Waals surface area contributed by atoms with E-state index in [9.17, 15) is 4.79 Å². The fourth-order valence-electron chi connectivity index (χ4n) is 2.13. The summed E-state index contributed by atoms with van der Waals surface area (Å²) in [5.41, 5.74) is 0. The second-order valence-electron chi connectivity index (χ2n) is 3.94. The lowest BCUT2D eigenvalue weighted by Crippen LogP contribution is -2.23. The molecular weight excluding hydrogens is 216 g/mol. The molecule has 1 aromatic rings. The van der Waals surface area contributed by atoms with Gasteiger partial charge in [0.05, 0.1) is 18.2 Å². The summed E-state index contributed by atoms with van der Waals surface area (Å²) < 4.78 is 1.79. The van der Waals surface area contributed by atoms with E-state index in [1.54, 1.807) is 16.9 Å². The number of rotatable bonds is 2. The molecule has 0 aromatic carbocycles. The van der Waals surface area contributed by atoms with Crippen LogP contribution in [0, 0.1) is 5.92 Å². The molecule has 1 heterocycles. The van der Waals surface area contributed by atoms with E-state index in [0.29, 0.717) is 5.15 Å². The summed E-state index contributed by atoms with van der Waals surface area (Å²) in [7, 11) is 0. The molecule has 0 saturated heterocycles. The average molecular weight is 229 g/mol. The lowest BCUT2D eigenvalue weighted by molar-refractivity contribution is -0.143. The van der Waals surface area contributed by atoms with Gasteiger partial charge in [-0.1, -0.05) is 11.6 Å². The highest BCUT2D eigenvalue weighted by Gasteiger charge is 2.27. The third kappa shape index (κ3) is 2.15. The molecule has 0 bridgehead atoms. The Balaban J connectivity index is 2.00. The number of hydrogen-bond acceptors (Lipinski definition) is 2. The summed E-state index contributed by atoms with van der Waals surface area (Å²) in [6.07, 6.45) is 4.80. The third-order valence-electron chi connectivity index (χ3n) is 3.01. The van der Waals surface area contributed by atoms with Crippen molar-refractivity contribution in [3.05, 3.63) is 17.4 Å². The van der Waals surface area contributed by atoms with E-state index in [0.717, 1.165) is 25.7 Å². The molecular formula is C10H13ClN2O2. The van der Waals surface area contributed by atoms with Crippen molar-refractivity contribution < 1.29 is 9.90 Å². The summed E-state index contributed by atoms with van der Waals surface area (Å²) >= 11 is 5.96. The van der Waals surface area contributed by atoms with Crippen LogP contribution in [-0.4, -0.2) is 20.9 Å². The zero-order valence-corrected chi connectivity index (χ0v) is 9.02. The predicted molar refractivity (Wildman–Crippen MR) is 55.9 cm³/mol. The maximum Gasteiger partial charge on any atom is 0.306 e. The Bertz CT molecular complexity index is 356. The lowest BCUT2D eigenvalue weighted by Gasteiger charge is -2.26. The Morgan fingerprint density at radius 1 is 1.47 bits per heavy atom. The van der Waals surface area contributed by atoms with Gasteiger partial charge >= 0.3 is 5.97 Å². The molecule has 0 spiro atoms. The van der Waals surface area contributed by atoms with E-state index in [-0.39, 0.29) is 12.0 Å². The molecule has 2 rings (SSSR count). The number of aromatic nitrogens is 2. The highest BCUT2D eigenvalue weighted by molar-refractivity contribution is 6.29. The topological polar surface area (TPSA) is 55.1 Å². The number of carboxylic acids is 1. The number of carbonyl (C=O) groups is 1. The number of hydrogen-bond donors (Lipinski definition) is 1. The molecule has 4 nitrogen and oxygen atoms in total. The number of halogens is 1. The number of aliphatic carboxylic acids is 1. The van der Waals surface area contributed by atoms with Gasteiger partial charge in [0.1, 0.15) is 5.15 Å². The van der Waals surface area contributed by atoms with E-state index in [2.05, 4.69) is 5.10 Å². The fourth-order valence-corrected chi connectivity index (χ4v) is 2.37. The predicted octanol–water partition coefficient (Wildman–Crippen LogP) is 2.35. The van der Waals surface area contributed by atoms with Gasteiger partial charge in [0.15, 0.2) is 0 Å². The van der Waals surface area contributed by atoms with Crippen LogP contribution in [0.3, 0.4) is 0 Å². The average Bonchev–Trinajstić information content (AvgIpc) is 2.65. The minimum absolute atomic E-state index is 0.185. The highest BCUT2D eigenvalue weighted by Crippen LogP contribution is 2.33. The first-order chi connectivity index (χ1) is 7.18. The van der Waals surface area contributed by atoms with Gasteiger partial charge in [-0.3, -0.25) is 9.48 Å². The Morgan fingerprint density at radius 2 is 2.13 bits per heavy atom. The summed E-state index contributed by atoms with van der Waals surface area (Å²) in [4.78, 5) is 10.8. The Hall–Kier alpha value is -1.03. The van der Waals surface area contributed by atoms with Crippen molar-refractivity contribution in [2.24, 2.45) is 5.92 Å². The van der Waals surface area contributed by atoms with Crippen molar-refractivity contribution in [1.29, 1.82) is 0 Å². The molecule has 0 unspecified atom stereocenters. The molecule has 5 heteroatoms. The SMILES string of the molecule is O=C(O)C1CCC(n2nccc2Cl)CC1. The number of nitrogens with zero attached hydrogens (tertiary/aromatic N) is 2. The molecule has 15 heavy (non-hydrogen) atoms. The third-order valence-corrected chi connectivity index (χ3v) is 3.31. The van der Waals surface area contributed by atoms with Crippen LogP contribution in [0.1, 0.15) is 31.7 Å². The maximum atomic E-state index is 10.8. The second-order valence-corrected chi connectivity index (χ2v) is 4.33. The molecule has 1 aliphatic rings. The van der Waals surface area contributed by atoms with Crippen molar-refractivity contribution in [3.63, 3.8) is 0 Å². The molecule has 0 aliphatic heterocycles. The van der Waals surface area contributed by atoms with Crippen molar-refractivity contribution >= 4 is 17.6 Å². The minimum Gasteiger partial charge on any atom is -0.481 e. The van der Waals surface area contributed by atoms with E-state index in [1.165, 1.54) is 0 Å². The standard InChI is InChI=1S/C10H13ClN2O2/c11-9-5-6-12-13(9)8-3-1-7(2-4-8)10(14)15/h5-8H,1-4H2,(H,14,15). The Morgan fingerprint density at radius 3 is 2.60 bits per heavy atom. The molecule has 1 fully saturated rings. The van der Waals surface area contributed by atoms with Crippen LogP contribution in [0.4, 0.5) is 0 Å². The van der Waals surface area contributed by atoms with E-state index < -0.39 is 5.97 Å². The Kier molecular flexibility index (Phi) is 2.95. The minimum atomic E-state index is -0.681. The molecule has 0 radical (unpaired) electrons. The van der Waals surface area contributed by atoms with Gasteiger partial charge in [-0.25, -0.2) is 0 Å². The summed E-state index contributed by atoms with van der Waals surface area (Å²) in [5, 5.41) is 13.6. The van der Waals surface area contributed by atoms with Gasteiger partial charge < -0.3 is 5.11 Å². The largest absolute Gasteiger partial charge is 0.481 e. The van der Waals surface area contributed by atoms with Crippen LogP contribution >= 0.6 is 11.6 Å². The number of carboxylic acid groups (broad SMARTS) is 1. The van der Waals surface area contributed by atoms with Crippen LogP contribution in [0.5, 0.6) is 0 Å². The fraction of sp³-hybridized carbons (Fsp3) is 0.600. The second kappa shape index (κ2) is 4.23. The van der Waals surface area contributed by atoms with E-state index in [4.69, 9.17) is 16.7 Å². The summed E-state index contributed by atoms with van der Waals surface area (Å²) in [6, 6.07) is 2.02. The van der Waals surface area contributed by atoms with Crippen LogP contribution in [0.25, 0.3) is 0 Å². The van der Waals surface area contributed by atoms with Crippen LogP contribution in [0.2, 0.25) is 5.15 Å². The van der Waals surface area contributed by atoms with Gasteiger partial charge in [0.25, 0.3) is 0 Å². The zero-order valence-electron chi connectivity index (χ0n) is 8.27.